The fourth-order valence-corrected chi connectivity index (χ4v) is 2.25. The molecule has 3 aromatic carbocycles. The maximum Gasteiger partial charge on any atom is 0.262 e. The third-order valence-corrected chi connectivity index (χ3v) is 3.25. The number of hydrogen-bond acceptors (Lipinski definition) is 1. The lowest BCUT2D eigenvalue weighted by Crippen LogP contribution is -2.25. The summed E-state index contributed by atoms with van der Waals surface area (Å²) in [5, 5.41) is 0. The van der Waals surface area contributed by atoms with Crippen molar-refractivity contribution in [3.63, 3.8) is 0 Å². The maximum absolute atomic E-state index is 12.9. The Morgan fingerprint density at radius 3 is 1.36 bits per heavy atom. The Hall–Kier alpha value is -2.58. The Morgan fingerprint density at radius 1 is 0.591 bits per heavy atom. The molecule has 0 unspecified atom stereocenters. The van der Waals surface area contributed by atoms with E-state index in [1.807, 2.05) is 91.0 Å². The molecular weight excluding hydrogens is 294 g/mol. The van der Waals surface area contributed by atoms with Gasteiger partial charge in [0.15, 0.2) is 0 Å². The van der Waals surface area contributed by atoms with Gasteiger partial charge in [0.25, 0.3) is 5.91 Å². The molecule has 0 bridgehead atoms. The van der Waals surface area contributed by atoms with E-state index in [0.29, 0.717) is 5.56 Å². The van der Waals surface area contributed by atoms with Crippen LogP contribution in [0.4, 0.5) is 11.4 Å². The number of para-hydroxylation sites is 2. The van der Waals surface area contributed by atoms with E-state index in [1.165, 1.54) is 0 Å². The molecule has 0 saturated carbocycles. The van der Waals surface area contributed by atoms with Crippen molar-refractivity contribution in [1.29, 1.82) is 0 Å². The van der Waals surface area contributed by atoms with Crippen molar-refractivity contribution in [3.05, 3.63) is 96.6 Å². The van der Waals surface area contributed by atoms with Crippen LogP contribution in [0.2, 0.25) is 0 Å². The van der Waals surface area contributed by atoms with Crippen molar-refractivity contribution >= 4 is 29.7 Å². The van der Waals surface area contributed by atoms with Gasteiger partial charge in [0.2, 0.25) is 0 Å². The zero-order valence-corrected chi connectivity index (χ0v) is 12.7. The van der Waals surface area contributed by atoms with Gasteiger partial charge in [0.1, 0.15) is 0 Å². The molecule has 3 aromatic rings. The van der Waals surface area contributed by atoms with Crippen LogP contribution in [0.5, 0.6) is 0 Å². The van der Waals surface area contributed by atoms with E-state index >= 15 is 0 Å². The molecule has 0 heterocycles. The normalized spacial score (nSPS) is 9.64. The van der Waals surface area contributed by atoms with E-state index in [4.69, 9.17) is 0 Å². The lowest BCUT2D eigenvalue weighted by atomic mass is 10.1. The van der Waals surface area contributed by atoms with Crippen LogP contribution in [0.3, 0.4) is 0 Å². The van der Waals surface area contributed by atoms with Crippen molar-refractivity contribution in [2.45, 2.75) is 0 Å². The first kappa shape index (κ1) is 15.8. The Balaban J connectivity index is 0.00000176. The molecule has 0 aliphatic heterocycles. The quantitative estimate of drug-likeness (QED) is 0.660. The molecule has 3 rings (SSSR count). The van der Waals surface area contributed by atoms with Crippen LogP contribution in [0.25, 0.3) is 0 Å². The Labute approximate surface area is 136 Å². The summed E-state index contributed by atoms with van der Waals surface area (Å²) in [7, 11) is 0. The molecule has 2 nitrogen and oxygen atoms in total. The Kier molecular flexibility index (Phi) is 5.34. The molecule has 0 fully saturated rings. The Bertz CT molecular complexity index is 675. The molecule has 1 amide bonds. The molecule has 3 heteroatoms. The zero-order chi connectivity index (χ0) is 14.5. The molecule has 22 heavy (non-hydrogen) atoms. The number of amides is 1. The molecule has 0 N–H and O–H groups in total. The maximum atomic E-state index is 12.9. The van der Waals surface area contributed by atoms with Gasteiger partial charge >= 0.3 is 0 Å². The van der Waals surface area contributed by atoms with Crippen LogP contribution >= 0.6 is 12.4 Å². The van der Waals surface area contributed by atoms with Gasteiger partial charge in [-0.1, -0.05) is 54.6 Å². The second-order valence-corrected chi connectivity index (χ2v) is 4.68. The second-order valence-electron chi connectivity index (χ2n) is 4.68. The smallest absolute Gasteiger partial charge is 0.262 e. The minimum Gasteiger partial charge on any atom is -0.277 e. The fraction of sp³-hybridized carbons (Fsp3) is 0. The summed E-state index contributed by atoms with van der Waals surface area (Å²) in [4.78, 5) is 14.6. The van der Waals surface area contributed by atoms with Crippen molar-refractivity contribution in [3.8, 4) is 0 Å². The standard InChI is InChI=1S/C19H15NO.ClH/c21-19(16-10-4-1-5-11-16)20(17-12-6-2-7-13-17)18-14-8-3-9-15-18;/h1-15H;1H. The molecule has 0 aliphatic rings. The highest BCUT2D eigenvalue weighted by Gasteiger charge is 2.18. The monoisotopic (exact) mass is 309 g/mol. The lowest BCUT2D eigenvalue weighted by Gasteiger charge is -2.23. The average molecular weight is 310 g/mol. The van der Waals surface area contributed by atoms with Crippen LogP contribution in [0.1, 0.15) is 10.4 Å². The summed E-state index contributed by atoms with van der Waals surface area (Å²) in [5.74, 6) is -0.0343. The van der Waals surface area contributed by atoms with Gasteiger partial charge in [-0.3, -0.25) is 9.69 Å². The molecule has 0 saturated heterocycles. The molecule has 0 atom stereocenters. The summed E-state index contributed by atoms with van der Waals surface area (Å²) in [6.45, 7) is 0. The van der Waals surface area contributed by atoms with Crippen molar-refractivity contribution in [2.75, 3.05) is 4.90 Å². The van der Waals surface area contributed by atoms with Crippen molar-refractivity contribution in [2.24, 2.45) is 0 Å². The van der Waals surface area contributed by atoms with Gasteiger partial charge < -0.3 is 0 Å². The van der Waals surface area contributed by atoms with Gasteiger partial charge in [-0.25, -0.2) is 0 Å². The van der Waals surface area contributed by atoms with Gasteiger partial charge in [0.05, 0.1) is 0 Å². The van der Waals surface area contributed by atoms with Crippen LogP contribution in [-0.2, 0) is 0 Å². The predicted octanol–water partition coefficient (Wildman–Crippen LogP) is 5.09. The van der Waals surface area contributed by atoms with Gasteiger partial charge in [0, 0.05) is 16.9 Å². The molecular formula is C19H16ClNO. The molecule has 0 spiro atoms. The third-order valence-electron chi connectivity index (χ3n) is 3.25. The second kappa shape index (κ2) is 7.43. The van der Waals surface area contributed by atoms with E-state index in [1.54, 1.807) is 4.90 Å². The third kappa shape index (κ3) is 3.35. The molecule has 0 radical (unpaired) electrons. The molecule has 0 aromatic heterocycles. The van der Waals surface area contributed by atoms with Crippen molar-refractivity contribution in [1.82, 2.24) is 0 Å². The number of carbonyl (C=O) groups excluding carboxylic acids is 1. The summed E-state index contributed by atoms with van der Waals surface area (Å²) in [5.41, 5.74) is 2.39. The number of anilines is 2. The van der Waals surface area contributed by atoms with Crippen molar-refractivity contribution < 1.29 is 4.79 Å². The lowest BCUT2D eigenvalue weighted by molar-refractivity contribution is 0.0999. The fourth-order valence-electron chi connectivity index (χ4n) is 2.25. The number of carbonyl (C=O) groups is 1. The van der Waals surface area contributed by atoms with Gasteiger partial charge in [-0.15, -0.1) is 12.4 Å². The Morgan fingerprint density at radius 2 is 0.955 bits per heavy atom. The summed E-state index contributed by atoms with van der Waals surface area (Å²) in [6, 6.07) is 28.7. The zero-order valence-electron chi connectivity index (χ0n) is 11.9. The first-order valence-electron chi connectivity index (χ1n) is 6.86. The van der Waals surface area contributed by atoms with E-state index in [-0.39, 0.29) is 18.3 Å². The molecule has 110 valence electrons. The van der Waals surface area contributed by atoms with Crippen LogP contribution < -0.4 is 4.90 Å². The number of halogens is 1. The minimum atomic E-state index is -0.0343. The highest BCUT2D eigenvalue weighted by Crippen LogP contribution is 2.26. The van der Waals surface area contributed by atoms with Gasteiger partial charge in [-0.2, -0.15) is 0 Å². The summed E-state index contributed by atoms with van der Waals surface area (Å²) < 4.78 is 0. The largest absolute Gasteiger partial charge is 0.277 e. The van der Waals surface area contributed by atoms with E-state index in [0.717, 1.165) is 11.4 Å². The summed E-state index contributed by atoms with van der Waals surface area (Å²) >= 11 is 0. The number of hydrogen-bond donors (Lipinski definition) is 0. The van der Waals surface area contributed by atoms with Crippen LogP contribution in [0, 0.1) is 0 Å². The van der Waals surface area contributed by atoms with Gasteiger partial charge in [-0.05, 0) is 36.4 Å². The number of benzene rings is 3. The predicted molar refractivity (Wildman–Crippen MR) is 93.0 cm³/mol. The van der Waals surface area contributed by atoms with E-state index < -0.39 is 0 Å². The number of nitrogens with zero attached hydrogens (tertiary/aromatic N) is 1. The average Bonchev–Trinajstić information content (AvgIpc) is 2.58. The number of rotatable bonds is 3. The van der Waals surface area contributed by atoms with Crippen LogP contribution in [0.15, 0.2) is 91.0 Å². The topological polar surface area (TPSA) is 20.3 Å². The minimum absolute atomic E-state index is 0. The first-order valence-corrected chi connectivity index (χ1v) is 6.86. The SMILES string of the molecule is Cl.O=C(c1ccccc1)N(c1ccccc1)c1ccccc1. The van der Waals surface area contributed by atoms with E-state index in [9.17, 15) is 4.79 Å². The van der Waals surface area contributed by atoms with Crippen LogP contribution in [-0.4, -0.2) is 5.91 Å². The first-order chi connectivity index (χ1) is 10.4. The van der Waals surface area contributed by atoms with E-state index in [2.05, 4.69) is 0 Å². The molecule has 0 aliphatic carbocycles. The highest BCUT2D eigenvalue weighted by atomic mass is 35.5. The highest BCUT2D eigenvalue weighted by molar-refractivity contribution is 6.10. The summed E-state index contributed by atoms with van der Waals surface area (Å²) in [6.07, 6.45) is 0.